The van der Waals surface area contributed by atoms with Gasteiger partial charge in [0.15, 0.2) is 0 Å². The normalized spacial score (nSPS) is 11.6. The fourth-order valence-electron chi connectivity index (χ4n) is 1.90. The van der Waals surface area contributed by atoms with Crippen molar-refractivity contribution in [2.45, 2.75) is 17.7 Å². The van der Waals surface area contributed by atoms with E-state index in [0.29, 0.717) is 4.88 Å². The number of alkyl halides is 1. The van der Waals surface area contributed by atoms with Crippen LogP contribution in [0.25, 0.3) is 0 Å². The topological polar surface area (TPSA) is 37.4 Å². The molecule has 0 aliphatic carbocycles. The molecule has 0 atom stereocenters. The lowest BCUT2D eigenvalue weighted by atomic mass is 10.3. The van der Waals surface area contributed by atoms with Gasteiger partial charge in [-0.15, -0.1) is 22.9 Å². The number of nitrogens with zero attached hydrogens (tertiary/aromatic N) is 1. The van der Waals surface area contributed by atoms with Crippen molar-refractivity contribution < 1.29 is 12.8 Å². The number of para-hydroxylation sites is 1. The highest BCUT2D eigenvalue weighted by molar-refractivity contribution is 7.93. The summed E-state index contributed by atoms with van der Waals surface area (Å²) in [5.74, 6) is -0.457. The molecule has 0 unspecified atom stereocenters. The minimum atomic E-state index is -3.81. The maximum absolute atomic E-state index is 13.9. The summed E-state index contributed by atoms with van der Waals surface area (Å²) in [7, 11) is -3.81. The SMILES string of the molecule is CCN(c1ccccc1F)S(=O)(=O)c1ccsc1CCl. The van der Waals surface area contributed by atoms with E-state index in [-0.39, 0.29) is 23.0 Å². The summed E-state index contributed by atoms with van der Waals surface area (Å²) in [6, 6.07) is 7.31. The quantitative estimate of drug-likeness (QED) is 0.780. The molecule has 0 fully saturated rings. The van der Waals surface area contributed by atoms with Crippen LogP contribution in [0.3, 0.4) is 0 Å². The van der Waals surface area contributed by atoms with Crippen LogP contribution in [0.1, 0.15) is 11.8 Å². The average Bonchev–Trinajstić information content (AvgIpc) is 2.90. The number of benzene rings is 1. The monoisotopic (exact) mass is 333 g/mol. The van der Waals surface area contributed by atoms with Crippen LogP contribution < -0.4 is 4.31 Å². The van der Waals surface area contributed by atoms with E-state index in [2.05, 4.69) is 0 Å². The molecular weight excluding hydrogens is 321 g/mol. The van der Waals surface area contributed by atoms with Crippen LogP contribution in [0.2, 0.25) is 0 Å². The summed E-state index contributed by atoms with van der Waals surface area (Å²) in [4.78, 5) is 0.698. The molecule has 0 spiro atoms. The first-order chi connectivity index (χ1) is 9.52. The van der Waals surface area contributed by atoms with E-state index in [0.717, 1.165) is 4.31 Å². The summed E-state index contributed by atoms with van der Waals surface area (Å²) in [5.41, 5.74) is 0.0433. The molecule has 0 bridgehead atoms. The summed E-state index contributed by atoms with van der Waals surface area (Å²) < 4.78 is 40.2. The third-order valence-electron chi connectivity index (χ3n) is 2.80. The van der Waals surface area contributed by atoms with Crippen molar-refractivity contribution in [3.05, 3.63) is 46.4 Å². The van der Waals surface area contributed by atoms with Crippen LogP contribution in [0.15, 0.2) is 40.6 Å². The van der Waals surface area contributed by atoms with Crippen molar-refractivity contribution in [3.8, 4) is 0 Å². The van der Waals surface area contributed by atoms with Gasteiger partial charge >= 0.3 is 0 Å². The molecular formula is C13H13ClFNO2S2. The Morgan fingerprint density at radius 3 is 2.60 bits per heavy atom. The molecule has 0 saturated heterocycles. The number of anilines is 1. The summed E-state index contributed by atoms with van der Waals surface area (Å²) in [6.45, 7) is 1.80. The standard InChI is InChI=1S/C13H13ClFNO2S2/c1-2-16(11-6-4-3-5-10(11)15)20(17,18)13-7-8-19-12(13)9-14/h3-8H,2,9H2,1H3. The zero-order valence-electron chi connectivity index (χ0n) is 10.7. The van der Waals surface area contributed by atoms with E-state index < -0.39 is 15.8 Å². The second-order valence-electron chi connectivity index (χ2n) is 3.96. The third-order valence-corrected chi connectivity index (χ3v) is 6.25. The minimum absolute atomic E-state index is 0.0433. The Morgan fingerprint density at radius 1 is 1.30 bits per heavy atom. The predicted molar refractivity (Wildman–Crippen MR) is 80.5 cm³/mol. The highest BCUT2D eigenvalue weighted by Crippen LogP contribution is 2.30. The van der Waals surface area contributed by atoms with Crippen molar-refractivity contribution in [3.63, 3.8) is 0 Å². The Labute approximate surface area is 126 Å². The average molecular weight is 334 g/mol. The van der Waals surface area contributed by atoms with E-state index in [4.69, 9.17) is 11.6 Å². The second-order valence-corrected chi connectivity index (χ2v) is 7.06. The van der Waals surface area contributed by atoms with E-state index in [1.54, 1.807) is 18.4 Å². The highest BCUT2D eigenvalue weighted by Gasteiger charge is 2.28. The Bertz CT molecular complexity index is 700. The maximum Gasteiger partial charge on any atom is 0.265 e. The van der Waals surface area contributed by atoms with Gasteiger partial charge in [-0.3, -0.25) is 4.31 Å². The Kier molecular flexibility index (Phi) is 4.67. The van der Waals surface area contributed by atoms with E-state index in [9.17, 15) is 12.8 Å². The Hall–Kier alpha value is -1.11. The fourth-order valence-corrected chi connectivity index (χ4v) is 5.06. The first-order valence-electron chi connectivity index (χ1n) is 5.92. The molecule has 7 heteroatoms. The van der Waals surface area contributed by atoms with Gasteiger partial charge in [0.25, 0.3) is 10.0 Å². The van der Waals surface area contributed by atoms with Crippen molar-refractivity contribution in [2.75, 3.05) is 10.8 Å². The van der Waals surface area contributed by atoms with E-state index in [1.807, 2.05) is 0 Å². The van der Waals surface area contributed by atoms with E-state index >= 15 is 0 Å². The first-order valence-corrected chi connectivity index (χ1v) is 8.77. The second kappa shape index (κ2) is 6.11. The molecule has 0 aliphatic heterocycles. The summed E-state index contributed by atoms with van der Waals surface area (Å²) in [5, 5.41) is 1.67. The van der Waals surface area contributed by atoms with Crippen molar-refractivity contribution in [1.82, 2.24) is 0 Å². The van der Waals surface area contributed by atoms with Crippen molar-refractivity contribution in [2.24, 2.45) is 0 Å². The molecule has 1 aromatic carbocycles. The molecule has 2 rings (SSSR count). The highest BCUT2D eigenvalue weighted by atomic mass is 35.5. The molecule has 0 N–H and O–H groups in total. The molecule has 3 nitrogen and oxygen atoms in total. The van der Waals surface area contributed by atoms with Gasteiger partial charge < -0.3 is 0 Å². The van der Waals surface area contributed by atoms with Crippen LogP contribution in [-0.4, -0.2) is 15.0 Å². The van der Waals surface area contributed by atoms with Crippen LogP contribution in [-0.2, 0) is 15.9 Å². The maximum atomic E-state index is 13.9. The Morgan fingerprint density at radius 2 is 2.00 bits per heavy atom. The summed E-state index contributed by atoms with van der Waals surface area (Å²) >= 11 is 7.03. The molecule has 108 valence electrons. The van der Waals surface area contributed by atoms with Gasteiger partial charge in [-0.2, -0.15) is 0 Å². The smallest absolute Gasteiger partial charge is 0.264 e. The Balaban J connectivity index is 2.54. The summed E-state index contributed by atoms with van der Waals surface area (Å²) in [6.07, 6.45) is 0. The first kappa shape index (κ1) is 15.3. The van der Waals surface area contributed by atoms with E-state index in [1.165, 1.54) is 35.6 Å². The van der Waals surface area contributed by atoms with Crippen molar-refractivity contribution in [1.29, 1.82) is 0 Å². The number of hydrogen-bond acceptors (Lipinski definition) is 3. The van der Waals surface area contributed by atoms with Crippen LogP contribution in [0.4, 0.5) is 10.1 Å². The van der Waals surface area contributed by atoms with Crippen LogP contribution in [0, 0.1) is 5.82 Å². The number of thiophene rings is 1. The predicted octanol–water partition coefficient (Wildman–Crippen LogP) is 3.84. The number of sulfonamides is 1. The van der Waals surface area contributed by atoms with Crippen LogP contribution >= 0.6 is 22.9 Å². The fraction of sp³-hybridized carbons (Fsp3) is 0.231. The van der Waals surface area contributed by atoms with Crippen molar-refractivity contribution >= 4 is 38.6 Å². The number of halogens is 2. The van der Waals surface area contributed by atoms with Gasteiger partial charge in [0.2, 0.25) is 0 Å². The molecule has 2 aromatic rings. The van der Waals surface area contributed by atoms with Gasteiger partial charge in [-0.25, -0.2) is 12.8 Å². The molecule has 0 aliphatic rings. The molecule has 20 heavy (non-hydrogen) atoms. The van der Waals surface area contributed by atoms with Gasteiger partial charge in [-0.1, -0.05) is 12.1 Å². The molecule has 0 radical (unpaired) electrons. The largest absolute Gasteiger partial charge is 0.265 e. The zero-order chi connectivity index (χ0) is 14.8. The lowest BCUT2D eigenvalue weighted by molar-refractivity contribution is 0.586. The van der Waals surface area contributed by atoms with Gasteiger partial charge in [0, 0.05) is 11.4 Å². The van der Waals surface area contributed by atoms with Gasteiger partial charge in [0.05, 0.1) is 11.6 Å². The van der Waals surface area contributed by atoms with Gasteiger partial charge in [0.1, 0.15) is 10.7 Å². The number of rotatable bonds is 5. The molecule has 1 heterocycles. The minimum Gasteiger partial charge on any atom is -0.264 e. The van der Waals surface area contributed by atoms with Crippen LogP contribution in [0.5, 0.6) is 0 Å². The molecule has 0 saturated carbocycles. The zero-order valence-corrected chi connectivity index (χ0v) is 13.1. The lowest BCUT2D eigenvalue weighted by Gasteiger charge is -2.23. The van der Waals surface area contributed by atoms with Gasteiger partial charge in [-0.05, 0) is 30.5 Å². The lowest BCUT2D eigenvalue weighted by Crippen LogP contribution is -2.31. The third kappa shape index (κ3) is 2.68. The molecule has 1 aromatic heterocycles. The molecule has 0 amide bonds. The number of hydrogen-bond donors (Lipinski definition) is 0.